The van der Waals surface area contributed by atoms with Gasteiger partial charge in [-0.2, -0.15) is 20.4 Å². The average molecular weight is 208 g/mol. The number of aromatic nitrogens is 5. The van der Waals surface area contributed by atoms with E-state index in [9.17, 15) is 0 Å². The number of rotatable bonds is 4. The Bertz CT molecular complexity index is 406. The van der Waals surface area contributed by atoms with Crippen LogP contribution in [0.25, 0.3) is 11.5 Å². The zero-order valence-electron chi connectivity index (χ0n) is 8.56. The van der Waals surface area contributed by atoms with E-state index in [0.717, 1.165) is 0 Å². The molecule has 0 aliphatic carbocycles. The van der Waals surface area contributed by atoms with Gasteiger partial charge in [-0.15, -0.1) is 0 Å². The third-order valence-corrected chi connectivity index (χ3v) is 1.77. The number of H-pyrrole nitrogens is 1. The molecule has 0 bridgehead atoms. The number of nitrogens with one attached hydrogen (secondary N) is 2. The molecule has 0 fully saturated rings. The molecule has 80 valence electrons. The summed E-state index contributed by atoms with van der Waals surface area (Å²) in [7, 11) is 0. The minimum absolute atomic E-state index is 0.382. The molecule has 0 amide bonds. The molecule has 0 radical (unpaired) electrons. The van der Waals surface area contributed by atoms with Gasteiger partial charge in [0.25, 0.3) is 0 Å². The van der Waals surface area contributed by atoms with Crippen molar-refractivity contribution in [3.63, 3.8) is 0 Å². The third-order valence-electron chi connectivity index (χ3n) is 1.77. The largest absolute Gasteiger partial charge is 0.337 e. The molecule has 2 N–H and O–H groups in total. The Hall–Kier alpha value is -1.76. The zero-order chi connectivity index (χ0) is 10.7. The van der Waals surface area contributed by atoms with Gasteiger partial charge in [-0.25, -0.2) is 0 Å². The molecule has 7 heteroatoms. The molecule has 0 unspecified atom stereocenters. The second-order valence-electron chi connectivity index (χ2n) is 3.40. The first-order chi connectivity index (χ1) is 7.25. The average Bonchev–Trinajstić information content (AvgIpc) is 2.85. The summed E-state index contributed by atoms with van der Waals surface area (Å²) in [5.41, 5.74) is 0.578. The predicted octanol–water partition coefficient (Wildman–Crippen LogP) is 0.353. The second kappa shape index (κ2) is 4.18. The van der Waals surface area contributed by atoms with E-state index in [-0.39, 0.29) is 0 Å². The molecule has 0 aromatic carbocycles. The van der Waals surface area contributed by atoms with E-state index in [1.165, 1.54) is 0 Å². The molecule has 7 nitrogen and oxygen atoms in total. The van der Waals surface area contributed by atoms with Gasteiger partial charge in [0.15, 0.2) is 5.69 Å². The van der Waals surface area contributed by atoms with Crippen LogP contribution < -0.4 is 5.32 Å². The summed E-state index contributed by atoms with van der Waals surface area (Å²) in [6.45, 7) is 4.66. The van der Waals surface area contributed by atoms with E-state index in [4.69, 9.17) is 4.52 Å². The molecule has 2 rings (SSSR count). The minimum Gasteiger partial charge on any atom is -0.337 e. The fraction of sp³-hybridized carbons (Fsp3) is 0.500. The summed E-state index contributed by atoms with van der Waals surface area (Å²) in [5, 5.41) is 17.0. The van der Waals surface area contributed by atoms with Crippen LogP contribution in [0.3, 0.4) is 0 Å². The molecule has 0 saturated heterocycles. The number of aromatic amines is 1. The molecule has 0 saturated carbocycles. The van der Waals surface area contributed by atoms with Crippen molar-refractivity contribution in [1.82, 2.24) is 30.9 Å². The Morgan fingerprint density at radius 3 is 3.07 bits per heavy atom. The molecular formula is C8H12N6O. The summed E-state index contributed by atoms with van der Waals surface area (Å²) < 4.78 is 5.03. The van der Waals surface area contributed by atoms with Crippen molar-refractivity contribution in [2.75, 3.05) is 0 Å². The van der Waals surface area contributed by atoms with Gasteiger partial charge in [0, 0.05) is 6.04 Å². The van der Waals surface area contributed by atoms with E-state index < -0.39 is 0 Å². The summed E-state index contributed by atoms with van der Waals surface area (Å²) >= 11 is 0. The van der Waals surface area contributed by atoms with Crippen molar-refractivity contribution < 1.29 is 4.52 Å². The highest BCUT2D eigenvalue weighted by atomic mass is 16.5. The first-order valence-corrected chi connectivity index (χ1v) is 4.68. The highest BCUT2D eigenvalue weighted by Crippen LogP contribution is 2.09. The number of nitrogens with zero attached hydrogens (tertiary/aromatic N) is 4. The number of hydrogen-bond donors (Lipinski definition) is 2. The van der Waals surface area contributed by atoms with Gasteiger partial charge >= 0.3 is 0 Å². The summed E-state index contributed by atoms with van der Waals surface area (Å²) in [4.78, 5) is 4.16. The summed E-state index contributed by atoms with van der Waals surface area (Å²) in [6.07, 6.45) is 1.55. The molecule has 2 aromatic heterocycles. The zero-order valence-corrected chi connectivity index (χ0v) is 8.56. The smallest absolute Gasteiger partial charge is 0.240 e. The van der Waals surface area contributed by atoms with Crippen LogP contribution in [0.5, 0.6) is 0 Å². The van der Waals surface area contributed by atoms with Gasteiger partial charge in [0.2, 0.25) is 11.7 Å². The molecule has 2 aromatic rings. The fourth-order valence-corrected chi connectivity index (χ4v) is 1.03. The molecular weight excluding hydrogens is 196 g/mol. The van der Waals surface area contributed by atoms with Crippen molar-refractivity contribution in [2.45, 2.75) is 26.4 Å². The van der Waals surface area contributed by atoms with Crippen LogP contribution in [0.4, 0.5) is 0 Å². The summed E-state index contributed by atoms with van der Waals surface area (Å²) in [5.74, 6) is 0.992. The van der Waals surface area contributed by atoms with Crippen LogP contribution in [0.1, 0.15) is 19.7 Å². The summed E-state index contributed by atoms with van der Waals surface area (Å²) in [6, 6.07) is 0.382. The van der Waals surface area contributed by atoms with Crippen molar-refractivity contribution in [2.24, 2.45) is 0 Å². The first kappa shape index (κ1) is 9.78. The number of hydrogen-bond acceptors (Lipinski definition) is 6. The Morgan fingerprint density at radius 1 is 1.53 bits per heavy atom. The van der Waals surface area contributed by atoms with Gasteiger partial charge in [-0.05, 0) is 0 Å². The highest BCUT2D eigenvalue weighted by molar-refractivity contribution is 5.44. The monoisotopic (exact) mass is 208 g/mol. The second-order valence-corrected chi connectivity index (χ2v) is 3.40. The lowest BCUT2D eigenvalue weighted by Crippen LogP contribution is -2.21. The molecule has 2 heterocycles. The Labute approximate surface area is 86.3 Å². The Balaban J connectivity index is 2.04. The van der Waals surface area contributed by atoms with Crippen molar-refractivity contribution >= 4 is 0 Å². The minimum atomic E-state index is 0.382. The van der Waals surface area contributed by atoms with Crippen LogP contribution in [-0.4, -0.2) is 31.6 Å². The van der Waals surface area contributed by atoms with Gasteiger partial charge < -0.3 is 9.84 Å². The lowest BCUT2D eigenvalue weighted by Gasteiger charge is -2.02. The normalized spacial score (nSPS) is 11.1. The molecule has 0 aliphatic heterocycles. The maximum Gasteiger partial charge on any atom is 0.240 e. The Kier molecular flexibility index (Phi) is 2.72. The van der Waals surface area contributed by atoms with Gasteiger partial charge in [0.1, 0.15) is 0 Å². The molecule has 0 spiro atoms. The van der Waals surface area contributed by atoms with E-state index >= 15 is 0 Å². The maximum absolute atomic E-state index is 5.03. The quantitative estimate of drug-likeness (QED) is 0.753. The van der Waals surface area contributed by atoms with Crippen molar-refractivity contribution in [3.8, 4) is 11.5 Å². The van der Waals surface area contributed by atoms with E-state index in [1.807, 2.05) is 0 Å². The topological polar surface area (TPSA) is 92.5 Å². The predicted molar refractivity (Wildman–Crippen MR) is 51.7 cm³/mol. The van der Waals surface area contributed by atoms with E-state index in [0.29, 0.717) is 30.0 Å². The van der Waals surface area contributed by atoms with Gasteiger partial charge in [-0.3, -0.25) is 0 Å². The first-order valence-electron chi connectivity index (χ1n) is 4.68. The van der Waals surface area contributed by atoms with Crippen molar-refractivity contribution in [1.29, 1.82) is 0 Å². The van der Waals surface area contributed by atoms with Crippen LogP contribution in [-0.2, 0) is 6.54 Å². The lowest BCUT2D eigenvalue weighted by molar-refractivity contribution is 0.362. The van der Waals surface area contributed by atoms with Crippen LogP contribution in [0, 0.1) is 0 Å². The van der Waals surface area contributed by atoms with Crippen LogP contribution in [0.2, 0.25) is 0 Å². The standard InChI is InChI=1S/C8H12N6O/c1-5(2)9-4-7-11-8(13-15-7)6-3-10-14-12-6/h3,5,9H,4H2,1-2H3,(H,10,12,14). The lowest BCUT2D eigenvalue weighted by atomic mass is 10.4. The van der Waals surface area contributed by atoms with Gasteiger partial charge in [0.05, 0.1) is 12.7 Å². The Morgan fingerprint density at radius 2 is 2.40 bits per heavy atom. The third kappa shape index (κ3) is 2.38. The van der Waals surface area contributed by atoms with Crippen LogP contribution >= 0.6 is 0 Å². The fourth-order valence-electron chi connectivity index (χ4n) is 1.03. The van der Waals surface area contributed by atoms with Crippen LogP contribution in [0.15, 0.2) is 10.7 Å². The van der Waals surface area contributed by atoms with Gasteiger partial charge in [-0.1, -0.05) is 19.0 Å². The van der Waals surface area contributed by atoms with Crippen molar-refractivity contribution in [3.05, 3.63) is 12.1 Å². The van der Waals surface area contributed by atoms with E-state index in [1.54, 1.807) is 6.20 Å². The SMILES string of the molecule is CC(C)NCc1nc(-c2cn[nH]n2)no1. The molecule has 15 heavy (non-hydrogen) atoms. The molecule has 0 atom stereocenters. The maximum atomic E-state index is 5.03. The molecule has 0 aliphatic rings. The highest BCUT2D eigenvalue weighted by Gasteiger charge is 2.10. The van der Waals surface area contributed by atoms with E-state index in [2.05, 4.69) is 44.7 Å².